The number of pyridine rings is 4. The monoisotopic (exact) mass is 714 g/mol. The van der Waals surface area contributed by atoms with Gasteiger partial charge < -0.3 is 16.2 Å². The molecule has 0 spiro atoms. The molecule has 0 unspecified atom stereocenters. The molecule has 2 aliphatic carbocycles. The van der Waals surface area contributed by atoms with Gasteiger partial charge in [0.25, 0.3) is 11.1 Å². The second-order valence-electron chi connectivity index (χ2n) is 13.8. The molecule has 53 heavy (non-hydrogen) atoms. The zero-order valence-corrected chi connectivity index (χ0v) is 28.7. The minimum Gasteiger partial charge on any atom is -0.399 e. The maximum Gasteiger partial charge on any atom is 0.351 e. The molecule has 12 heteroatoms. The van der Waals surface area contributed by atoms with E-state index in [4.69, 9.17) is 16.2 Å². The van der Waals surface area contributed by atoms with Crippen LogP contribution in [-0.2, 0) is 4.74 Å². The fourth-order valence-electron chi connectivity index (χ4n) is 7.36. The summed E-state index contributed by atoms with van der Waals surface area (Å²) in [4.78, 5) is 66.4. The highest BCUT2D eigenvalue weighted by atomic mass is 19.1. The Morgan fingerprint density at radius 3 is 1.45 bits per heavy atom. The van der Waals surface area contributed by atoms with Gasteiger partial charge in [-0.15, -0.1) is 0 Å². The number of primary amides is 1. The van der Waals surface area contributed by atoms with E-state index in [2.05, 4.69) is 0 Å². The summed E-state index contributed by atoms with van der Waals surface area (Å²) in [6.07, 6.45) is 5.09. The van der Waals surface area contributed by atoms with Crippen LogP contribution < -0.4 is 22.6 Å². The van der Waals surface area contributed by atoms with E-state index < -0.39 is 51.7 Å². The molecule has 2 aliphatic rings. The number of hydrogen-bond donors (Lipinski definition) is 2. The predicted octanol–water partition coefficient (Wildman–Crippen LogP) is 6.57. The standard InChI is InChI=1S/C41H32F2N4O6/c1-19-33(23-7-9-25(10-8-23)37(45)48)31(42)17-46-35(19)27(21-3-4-21)15-29(38(46)49)40(51)53-41(52)30-16-28(22-5-6-22)36-20(2)34(24-11-13-26(44)14-12-24)32(43)18-47(36)39(30)50/h7-18,21-22H,3-6,44H2,1-2H3,(H2,45,48). The van der Waals surface area contributed by atoms with Crippen molar-refractivity contribution in [1.29, 1.82) is 0 Å². The summed E-state index contributed by atoms with van der Waals surface area (Å²) >= 11 is 0. The van der Waals surface area contributed by atoms with Crippen LogP contribution in [0.15, 0.2) is 82.6 Å². The molecule has 266 valence electrons. The number of carbonyl (C=O) groups excluding carboxylic acids is 3. The average Bonchev–Trinajstić information content (AvgIpc) is 4.05. The van der Waals surface area contributed by atoms with Crippen LogP contribution in [-0.4, -0.2) is 26.6 Å². The van der Waals surface area contributed by atoms with Gasteiger partial charge in [0.2, 0.25) is 5.91 Å². The molecule has 1 amide bonds. The fraction of sp³-hybridized carbons (Fsp3) is 0.195. The highest BCUT2D eigenvalue weighted by molar-refractivity contribution is 6.03. The summed E-state index contributed by atoms with van der Waals surface area (Å²) < 4.78 is 38.8. The van der Waals surface area contributed by atoms with Crippen molar-refractivity contribution < 1.29 is 27.9 Å². The number of aryl methyl sites for hydroxylation is 2. The van der Waals surface area contributed by atoms with Crippen molar-refractivity contribution >= 4 is 34.6 Å². The molecular weight excluding hydrogens is 682 g/mol. The lowest BCUT2D eigenvalue weighted by atomic mass is 9.95. The smallest absolute Gasteiger partial charge is 0.351 e. The Morgan fingerprint density at radius 1 is 0.679 bits per heavy atom. The van der Waals surface area contributed by atoms with Gasteiger partial charge in [0.15, 0.2) is 0 Å². The van der Waals surface area contributed by atoms with Crippen LogP contribution in [0.1, 0.15) is 90.8 Å². The van der Waals surface area contributed by atoms with Crippen LogP contribution in [0, 0.1) is 25.5 Å². The van der Waals surface area contributed by atoms with Crippen molar-refractivity contribution in [3.8, 4) is 22.3 Å². The highest BCUT2D eigenvalue weighted by Crippen LogP contribution is 2.45. The minimum atomic E-state index is -1.31. The maximum atomic E-state index is 15.8. The number of ether oxygens (including phenoxy) is 1. The Hall–Kier alpha value is -6.43. The third kappa shape index (κ3) is 5.67. The fourth-order valence-corrected chi connectivity index (χ4v) is 7.36. The molecule has 0 aliphatic heterocycles. The van der Waals surface area contributed by atoms with Crippen molar-refractivity contribution in [3.63, 3.8) is 0 Å². The summed E-state index contributed by atoms with van der Waals surface area (Å²) in [7, 11) is 0. The highest BCUT2D eigenvalue weighted by Gasteiger charge is 2.33. The van der Waals surface area contributed by atoms with Crippen LogP contribution in [0.3, 0.4) is 0 Å². The first-order valence-corrected chi connectivity index (χ1v) is 17.1. The largest absolute Gasteiger partial charge is 0.399 e. The molecule has 10 nitrogen and oxygen atoms in total. The summed E-state index contributed by atoms with van der Waals surface area (Å²) in [6, 6.07) is 15.5. The van der Waals surface area contributed by atoms with E-state index in [1.54, 1.807) is 50.2 Å². The Balaban J connectivity index is 1.19. The molecule has 2 fully saturated rings. The third-order valence-corrected chi connectivity index (χ3v) is 10.3. The molecule has 0 bridgehead atoms. The molecule has 0 atom stereocenters. The molecule has 2 aromatic carbocycles. The Bertz CT molecular complexity index is 2710. The molecule has 0 saturated heterocycles. The lowest BCUT2D eigenvalue weighted by Gasteiger charge is -2.17. The van der Waals surface area contributed by atoms with Gasteiger partial charge >= 0.3 is 11.9 Å². The van der Waals surface area contributed by atoms with Crippen molar-refractivity contribution in [2.75, 3.05) is 5.73 Å². The van der Waals surface area contributed by atoms with Crippen LogP contribution in [0.2, 0.25) is 0 Å². The maximum absolute atomic E-state index is 15.8. The summed E-state index contributed by atoms with van der Waals surface area (Å²) in [5, 5.41) is 0. The van der Waals surface area contributed by atoms with Crippen molar-refractivity contribution in [2.45, 2.75) is 51.4 Å². The summed E-state index contributed by atoms with van der Waals surface area (Å²) in [5.41, 5.74) is 13.7. The number of hydrogen-bond acceptors (Lipinski definition) is 7. The number of esters is 2. The van der Waals surface area contributed by atoms with Crippen LogP contribution in [0.25, 0.3) is 33.3 Å². The first-order chi connectivity index (χ1) is 25.3. The summed E-state index contributed by atoms with van der Waals surface area (Å²) in [5.74, 6) is -4.74. The Labute approximate surface area is 300 Å². The van der Waals surface area contributed by atoms with Crippen LogP contribution in [0.4, 0.5) is 14.5 Å². The number of rotatable bonds is 7. The van der Waals surface area contributed by atoms with Crippen LogP contribution in [0.5, 0.6) is 0 Å². The summed E-state index contributed by atoms with van der Waals surface area (Å²) in [6.45, 7) is 3.37. The first kappa shape index (κ1) is 33.7. The van der Waals surface area contributed by atoms with Gasteiger partial charge in [0, 0.05) is 34.8 Å². The van der Waals surface area contributed by atoms with E-state index in [1.807, 2.05) is 0 Å². The average molecular weight is 715 g/mol. The van der Waals surface area contributed by atoms with Crippen molar-refractivity contribution in [1.82, 2.24) is 8.80 Å². The Morgan fingerprint density at radius 2 is 1.08 bits per heavy atom. The number of nitrogens with zero attached hydrogens (tertiary/aromatic N) is 2. The number of amides is 1. The van der Waals surface area contributed by atoms with Crippen molar-refractivity contribution in [3.05, 3.63) is 144 Å². The van der Waals surface area contributed by atoms with Gasteiger partial charge in [-0.2, -0.15) is 0 Å². The lowest BCUT2D eigenvalue weighted by Crippen LogP contribution is -2.30. The first-order valence-electron chi connectivity index (χ1n) is 17.1. The molecular formula is C41H32F2N4O6. The number of nitrogen functional groups attached to an aromatic ring is 1. The minimum absolute atomic E-state index is 0.00775. The molecule has 4 N–H and O–H groups in total. The number of aromatic nitrogens is 2. The number of fused-ring (bicyclic) bond motifs is 2. The predicted molar refractivity (Wildman–Crippen MR) is 194 cm³/mol. The van der Waals surface area contributed by atoms with Gasteiger partial charge in [0.05, 0.1) is 11.0 Å². The number of anilines is 1. The number of halogens is 2. The topological polar surface area (TPSA) is 155 Å². The van der Waals surface area contributed by atoms with Gasteiger partial charge in [-0.3, -0.25) is 23.2 Å². The van der Waals surface area contributed by atoms with E-state index in [0.717, 1.165) is 46.9 Å². The second-order valence-corrected chi connectivity index (χ2v) is 13.8. The zero-order valence-electron chi connectivity index (χ0n) is 28.7. The van der Waals surface area contributed by atoms with E-state index >= 15 is 8.78 Å². The van der Waals surface area contributed by atoms with Gasteiger partial charge in [0.1, 0.15) is 22.8 Å². The van der Waals surface area contributed by atoms with E-state index in [9.17, 15) is 24.0 Å². The van der Waals surface area contributed by atoms with E-state index in [0.29, 0.717) is 55.7 Å². The molecule has 0 radical (unpaired) electrons. The normalized spacial score (nSPS) is 14.1. The van der Waals surface area contributed by atoms with Crippen molar-refractivity contribution in [2.24, 2.45) is 5.73 Å². The van der Waals surface area contributed by atoms with Gasteiger partial charge in [-0.05, 0) is 121 Å². The second kappa shape index (κ2) is 12.4. The molecule has 4 heterocycles. The third-order valence-electron chi connectivity index (χ3n) is 10.3. The van der Waals surface area contributed by atoms with E-state index in [1.165, 1.54) is 24.3 Å². The number of benzene rings is 2. The zero-order chi connectivity index (χ0) is 37.5. The SMILES string of the molecule is Cc1c(-c2ccc(N)cc2)c(F)cn2c(=O)c(C(=O)OC(=O)c3cc(C4CC4)c4c(C)c(-c5ccc(C(N)=O)cc5)c(F)cn4c3=O)cc(C3CC3)c12. The quantitative estimate of drug-likeness (QED) is 0.108. The Kier molecular flexibility index (Phi) is 7.86. The lowest BCUT2D eigenvalue weighted by molar-refractivity contribution is 0.0394. The van der Waals surface area contributed by atoms with Gasteiger partial charge in [-0.1, -0.05) is 24.3 Å². The van der Waals surface area contributed by atoms with Crippen LogP contribution >= 0.6 is 0 Å². The molecule has 4 aromatic heterocycles. The number of nitrogens with two attached hydrogens (primary N) is 2. The molecule has 8 rings (SSSR count). The molecule has 6 aromatic rings. The van der Waals surface area contributed by atoms with E-state index in [-0.39, 0.29) is 23.0 Å². The number of carbonyl (C=O) groups is 3. The molecule has 2 saturated carbocycles. The van der Waals surface area contributed by atoms with Gasteiger partial charge in [-0.25, -0.2) is 18.4 Å².